The van der Waals surface area contributed by atoms with Gasteiger partial charge in [0.1, 0.15) is 5.82 Å². The van der Waals surface area contributed by atoms with E-state index in [-0.39, 0.29) is 16.7 Å². The third-order valence-corrected chi connectivity index (χ3v) is 6.16. The molecule has 2 aliphatic heterocycles. The summed E-state index contributed by atoms with van der Waals surface area (Å²) in [7, 11) is -3.82. The molecule has 1 atom stereocenters. The average molecular weight is 360 g/mol. The number of benzene rings is 2. The van der Waals surface area contributed by atoms with Crippen LogP contribution in [-0.2, 0) is 21.2 Å². The Morgan fingerprint density at radius 3 is 2.64 bits per heavy atom. The largest absolute Gasteiger partial charge is 0.311 e. The van der Waals surface area contributed by atoms with Gasteiger partial charge < -0.3 is 4.90 Å². The highest BCUT2D eigenvalue weighted by molar-refractivity contribution is 7.92. The molecule has 2 aromatic rings. The smallest absolute Gasteiger partial charge is 0.261 e. The van der Waals surface area contributed by atoms with E-state index in [1.54, 1.807) is 24.0 Å². The summed E-state index contributed by atoms with van der Waals surface area (Å²) in [6.07, 6.45) is 1.57. The number of aryl methyl sites for hydroxylation is 1. The number of sulfonamides is 1. The molecular formula is C18H17FN2O3S. The normalized spacial score (nSPS) is 19.0. The fourth-order valence-electron chi connectivity index (χ4n) is 3.55. The minimum absolute atomic E-state index is 0.0250. The lowest BCUT2D eigenvalue weighted by Crippen LogP contribution is -2.32. The number of hydrogen-bond acceptors (Lipinski definition) is 3. The minimum Gasteiger partial charge on any atom is -0.311 e. The summed E-state index contributed by atoms with van der Waals surface area (Å²) in [5, 5.41) is 0. The Balaban J connectivity index is 1.76. The van der Waals surface area contributed by atoms with Crippen LogP contribution < -0.4 is 9.62 Å². The van der Waals surface area contributed by atoms with Crippen LogP contribution >= 0.6 is 0 Å². The molecule has 1 N–H and O–H groups in total. The van der Waals surface area contributed by atoms with Crippen LogP contribution in [0.25, 0.3) is 0 Å². The molecule has 0 spiro atoms. The Labute approximate surface area is 145 Å². The van der Waals surface area contributed by atoms with E-state index < -0.39 is 15.8 Å². The fraction of sp³-hybridized carbons (Fsp3) is 0.278. The summed E-state index contributed by atoms with van der Waals surface area (Å²) < 4.78 is 40.9. The van der Waals surface area contributed by atoms with Crippen molar-refractivity contribution in [3.63, 3.8) is 0 Å². The summed E-state index contributed by atoms with van der Waals surface area (Å²) in [5.74, 6) is -0.748. The van der Waals surface area contributed by atoms with Crippen molar-refractivity contribution in [1.29, 1.82) is 0 Å². The molecule has 5 nitrogen and oxygen atoms in total. The molecule has 130 valence electrons. The number of amides is 1. The maximum Gasteiger partial charge on any atom is 0.261 e. The topological polar surface area (TPSA) is 66.5 Å². The van der Waals surface area contributed by atoms with Gasteiger partial charge >= 0.3 is 0 Å². The van der Waals surface area contributed by atoms with E-state index in [0.29, 0.717) is 12.2 Å². The fourth-order valence-corrected chi connectivity index (χ4v) is 4.70. The van der Waals surface area contributed by atoms with E-state index in [9.17, 15) is 17.6 Å². The van der Waals surface area contributed by atoms with Crippen LogP contribution in [0.3, 0.4) is 0 Å². The van der Waals surface area contributed by atoms with Crippen LogP contribution in [0.15, 0.2) is 41.3 Å². The van der Waals surface area contributed by atoms with E-state index in [2.05, 4.69) is 4.72 Å². The Morgan fingerprint density at radius 1 is 1.20 bits per heavy atom. The average Bonchev–Trinajstić information content (AvgIpc) is 2.84. The number of carbonyl (C=O) groups excluding carboxylic acids is 1. The standard InChI is InChI=1S/C18H17FN2O3S/c1-11-16-10-15(9-12-3-2-8-21(17(12)16)18(11)22)25(23,24)20-14-6-4-13(19)5-7-14/h4-7,9-11,20H,2-3,8H2,1H3/t11-/m0/s1. The lowest BCUT2D eigenvalue weighted by Gasteiger charge is -2.26. The molecule has 2 heterocycles. The summed E-state index contributed by atoms with van der Waals surface area (Å²) >= 11 is 0. The van der Waals surface area contributed by atoms with Gasteiger partial charge in [-0.15, -0.1) is 0 Å². The van der Waals surface area contributed by atoms with Crippen molar-refractivity contribution in [1.82, 2.24) is 0 Å². The molecule has 0 saturated carbocycles. The number of halogens is 1. The molecule has 0 radical (unpaired) electrons. The lowest BCUT2D eigenvalue weighted by molar-refractivity contribution is -0.119. The summed E-state index contributed by atoms with van der Waals surface area (Å²) in [6.45, 7) is 2.49. The van der Waals surface area contributed by atoms with Gasteiger partial charge in [0.15, 0.2) is 0 Å². The van der Waals surface area contributed by atoms with Gasteiger partial charge in [-0.1, -0.05) is 0 Å². The maximum atomic E-state index is 13.0. The third-order valence-electron chi connectivity index (χ3n) is 4.80. The lowest BCUT2D eigenvalue weighted by atomic mass is 9.97. The van der Waals surface area contributed by atoms with E-state index in [0.717, 1.165) is 29.7 Å². The first-order valence-corrected chi connectivity index (χ1v) is 9.62. The zero-order valence-corrected chi connectivity index (χ0v) is 14.4. The van der Waals surface area contributed by atoms with Crippen molar-refractivity contribution in [2.24, 2.45) is 0 Å². The van der Waals surface area contributed by atoms with E-state index >= 15 is 0 Å². The first-order valence-electron chi connectivity index (χ1n) is 8.13. The number of nitrogens with one attached hydrogen (secondary N) is 1. The second kappa shape index (κ2) is 5.56. The van der Waals surface area contributed by atoms with Crippen LogP contribution in [0.4, 0.5) is 15.8 Å². The second-order valence-corrected chi connectivity index (χ2v) is 8.13. The Morgan fingerprint density at radius 2 is 1.92 bits per heavy atom. The van der Waals surface area contributed by atoms with Gasteiger partial charge in [0, 0.05) is 12.2 Å². The Bertz CT molecular complexity index is 971. The number of hydrogen-bond donors (Lipinski definition) is 1. The predicted octanol–water partition coefficient (Wildman–Crippen LogP) is 3.02. The predicted molar refractivity (Wildman–Crippen MR) is 92.7 cm³/mol. The van der Waals surface area contributed by atoms with Crippen LogP contribution in [0.5, 0.6) is 0 Å². The summed E-state index contributed by atoms with van der Waals surface area (Å²) in [4.78, 5) is 14.3. The van der Waals surface area contributed by atoms with Gasteiger partial charge in [0.25, 0.3) is 10.0 Å². The molecule has 2 aromatic carbocycles. The molecule has 0 fully saturated rings. The van der Waals surface area contributed by atoms with Gasteiger partial charge in [0.2, 0.25) is 5.91 Å². The van der Waals surface area contributed by atoms with Crippen LogP contribution in [0, 0.1) is 5.82 Å². The van der Waals surface area contributed by atoms with Crippen molar-refractivity contribution in [2.45, 2.75) is 30.6 Å². The van der Waals surface area contributed by atoms with Crippen LogP contribution in [0.1, 0.15) is 30.4 Å². The Kier molecular flexibility index (Phi) is 3.57. The minimum atomic E-state index is -3.82. The number of nitrogens with zero attached hydrogens (tertiary/aromatic N) is 1. The van der Waals surface area contributed by atoms with Crippen molar-refractivity contribution >= 4 is 27.3 Å². The van der Waals surface area contributed by atoms with Crippen molar-refractivity contribution < 1.29 is 17.6 Å². The highest BCUT2D eigenvalue weighted by Gasteiger charge is 2.38. The highest BCUT2D eigenvalue weighted by atomic mass is 32.2. The SMILES string of the molecule is C[C@@H]1C(=O)N2CCCc3cc(S(=O)(=O)Nc4ccc(F)cc4)cc1c32. The molecule has 0 unspecified atom stereocenters. The van der Waals surface area contributed by atoms with E-state index in [1.165, 1.54) is 24.3 Å². The Hall–Kier alpha value is -2.41. The van der Waals surface area contributed by atoms with Crippen LogP contribution in [-0.4, -0.2) is 20.9 Å². The molecule has 2 aliphatic rings. The third kappa shape index (κ3) is 2.59. The van der Waals surface area contributed by atoms with Crippen molar-refractivity contribution in [3.05, 3.63) is 53.3 Å². The molecule has 25 heavy (non-hydrogen) atoms. The van der Waals surface area contributed by atoms with Gasteiger partial charge in [-0.3, -0.25) is 9.52 Å². The number of anilines is 2. The van der Waals surface area contributed by atoms with E-state index in [1.807, 2.05) is 0 Å². The molecule has 4 rings (SSSR count). The maximum absolute atomic E-state index is 13.0. The number of carbonyl (C=O) groups is 1. The monoisotopic (exact) mass is 360 g/mol. The molecule has 0 aromatic heterocycles. The van der Waals surface area contributed by atoms with Gasteiger partial charge in [-0.2, -0.15) is 0 Å². The first-order chi connectivity index (χ1) is 11.9. The number of rotatable bonds is 3. The zero-order valence-electron chi connectivity index (χ0n) is 13.6. The molecule has 0 saturated heterocycles. The highest BCUT2D eigenvalue weighted by Crippen LogP contribution is 2.44. The van der Waals surface area contributed by atoms with E-state index in [4.69, 9.17) is 0 Å². The molecule has 0 bridgehead atoms. The van der Waals surface area contributed by atoms with Crippen LogP contribution in [0.2, 0.25) is 0 Å². The van der Waals surface area contributed by atoms with Crippen molar-refractivity contribution in [2.75, 3.05) is 16.2 Å². The summed E-state index contributed by atoms with van der Waals surface area (Å²) in [5.41, 5.74) is 2.83. The zero-order chi connectivity index (χ0) is 17.8. The van der Waals surface area contributed by atoms with Gasteiger partial charge in [-0.05, 0) is 67.3 Å². The van der Waals surface area contributed by atoms with Gasteiger partial charge in [-0.25, -0.2) is 12.8 Å². The molecule has 0 aliphatic carbocycles. The quantitative estimate of drug-likeness (QED) is 0.915. The summed E-state index contributed by atoms with van der Waals surface area (Å²) in [6, 6.07) is 8.36. The molecular weight excluding hydrogens is 343 g/mol. The first kappa shape index (κ1) is 16.1. The molecule has 7 heteroatoms. The molecule has 1 amide bonds. The second-order valence-electron chi connectivity index (χ2n) is 6.45. The van der Waals surface area contributed by atoms with Crippen molar-refractivity contribution in [3.8, 4) is 0 Å². The van der Waals surface area contributed by atoms with Gasteiger partial charge in [0.05, 0.1) is 16.5 Å².